The van der Waals surface area contributed by atoms with E-state index in [1.807, 2.05) is 18.2 Å². The van der Waals surface area contributed by atoms with Gasteiger partial charge in [-0.3, -0.25) is 0 Å². The van der Waals surface area contributed by atoms with E-state index in [1.165, 1.54) is 0 Å². The zero-order valence-corrected chi connectivity index (χ0v) is 10.4. The molecule has 0 bridgehead atoms. The van der Waals surface area contributed by atoms with E-state index >= 15 is 0 Å². The van der Waals surface area contributed by atoms with Crippen LogP contribution in [0.15, 0.2) is 24.3 Å². The predicted octanol–water partition coefficient (Wildman–Crippen LogP) is 1.74. The molecule has 0 saturated heterocycles. The van der Waals surface area contributed by atoms with E-state index in [0.29, 0.717) is 13.2 Å². The van der Waals surface area contributed by atoms with E-state index in [1.54, 1.807) is 7.11 Å². The lowest BCUT2D eigenvalue weighted by Gasteiger charge is -2.12. The van der Waals surface area contributed by atoms with Crippen molar-refractivity contribution in [3.8, 4) is 0 Å². The summed E-state index contributed by atoms with van der Waals surface area (Å²) in [6.45, 7) is 4.21. The first-order valence-electron chi connectivity index (χ1n) is 5.92. The van der Waals surface area contributed by atoms with Crippen molar-refractivity contribution in [2.45, 2.75) is 19.4 Å². The highest BCUT2D eigenvalue weighted by atomic mass is 16.5. The molecule has 0 aliphatic heterocycles. The Morgan fingerprint density at radius 1 is 1.41 bits per heavy atom. The number of para-hydroxylation sites is 2. The second-order valence-electron chi connectivity index (χ2n) is 4.24. The zero-order chi connectivity index (χ0) is 12.3. The number of nitrogens with zero attached hydrogens (tertiary/aromatic N) is 2. The average Bonchev–Trinajstić information content (AvgIpc) is 2.74. The number of ether oxygens (including phenoxy) is 1. The molecule has 4 nitrogen and oxygen atoms in total. The molecule has 92 valence electrons. The third kappa shape index (κ3) is 2.33. The Morgan fingerprint density at radius 3 is 2.88 bits per heavy atom. The smallest absolute Gasteiger partial charge is 0.114 e. The van der Waals surface area contributed by atoms with Crippen molar-refractivity contribution >= 4 is 11.0 Å². The Hall–Kier alpha value is -1.39. The quantitative estimate of drug-likeness (QED) is 0.856. The lowest BCUT2D eigenvalue weighted by molar-refractivity contribution is 0.187. The molecule has 2 N–H and O–H groups in total. The molecule has 2 aromatic rings. The summed E-state index contributed by atoms with van der Waals surface area (Å²) in [4.78, 5) is 4.66. The van der Waals surface area contributed by atoms with Gasteiger partial charge in [-0.25, -0.2) is 4.98 Å². The number of hydrogen-bond donors (Lipinski definition) is 1. The standard InChI is InChI=1S/C13H19N3O/c1-10(9-14)13-15-11-5-3-4-6-12(11)16(13)7-8-17-2/h3-6,10H,7-9,14H2,1-2H3. The molecule has 0 aliphatic carbocycles. The molecule has 0 radical (unpaired) electrons. The van der Waals surface area contributed by atoms with Crippen molar-refractivity contribution in [3.63, 3.8) is 0 Å². The maximum Gasteiger partial charge on any atom is 0.114 e. The van der Waals surface area contributed by atoms with Crippen LogP contribution in [0.5, 0.6) is 0 Å². The Kier molecular flexibility index (Phi) is 3.76. The van der Waals surface area contributed by atoms with Crippen LogP contribution in [0.4, 0.5) is 0 Å². The van der Waals surface area contributed by atoms with E-state index in [9.17, 15) is 0 Å². The van der Waals surface area contributed by atoms with E-state index < -0.39 is 0 Å². The predicted molar refractivity (Wildman–Crippen MR) is 69.1 cm³/mol. The van der Waals surface area contributed by atoms with Crippen LogP contribution in [0.1, 0.15) is 18.7 Å². The monoisotopic (exact) mass is 233 g/mol. The fourth-order valence-electron chi connectivity index (χ4n) is 1.99. The summed E-state index contributed by atoms with van der Waals surface area (Å²) in [7, 11) is 1.71. The average molecular weight is 233 g/mol. The molecule has 0 spiro atoms. The molecule has 0 amide bonds. The Bertz CT molecular complexity index is 492. The van der Waals surface area contributed by atoms with Crippen LogP contribution in [0.25, 0.3) is 11.0 Å². The van der Waals surface area contributed by atoms with Gasteiger partial charge in [0.15, 0.2) is 0 Å². The Balaban J connectivity index is 2.48. The zero-order valence-electron chi connectivity index (χ0n) is 10.4. The lowest BCUT2D eigenvalue weighted by atomic mass is 10.2. The third-order valence-electron chi connectivity index (χ3n) is 3.00. The highest BCUT2D eigenvalue weighted by molar-refractivity contribution is 5.76. The summed E-state index contributed by atoms with van der Waals surface area (Å²) in [5.41, 5.74) is 7.92. The van der Waals surface area contributed by atoms with Gasteiger partial charge in [0.05, 0.1) is 17.6 Å². The largest absolute Gasteiger partial charge is 0.383 e. The van der Waals surface area contributed by atoms with Crippen LogP contribution in [-0.2, 0) is 11.3 Å². The molecule has 0 aliphatic rings. The second kappa shape index (κ2) is 5.29. The van der Waals surface area contributed by atoms with Crippen LogP contribution in [0, 0.1) is 0 Å². The van der Waals surface area contributed by atoms with Gasteiger partial charge in [0.1, 0.15) is 5.82 Å². The highest BCUT2D eigenvalue weighted by Gasteiger charge is 2.14. The third-order valence-corrected chi connectivity index (χ3v) is 3.00. The number of fused-ring (bicyclic) bond motifs is 1. The Labute approximate surface area is 101 Å². The minimum atomic E-state index is 0.263. The number of nitrogens with two attached hydrogens (primary N) is 1. The highest BCUT2D eigenvalue weighted by Crippen LogP contribution is 2.21. The van der Waals surface area contributed by atoms with Crippen LogP contribution in [0.2, 0.25) is 0 Å². The topological polar surface area (TPSA) is 53.1 Å². The summed E-state index contributed by atoms with van der Waals surface area (Å²) >= 11 is 0. The summed E-state index contributed by atoms with van der Waals surface area (Å²) < 4.78 is 7.36. The van der Waals surface area contributed by atoms with Crippen LogP contribution in [-0.4, -0.2) is 29.8 Å². The summed E-state index contributed by atoms with van der Waals surface area (Å²) in [6.07, 6.45) is 0. The first-order chi connectivity index (χ1) is 8.27. The van der Waals surface area contributed by atoms with Crippen LogP contribution >= 0.6 is 0 Å². The lowest BCUT2D eigenvalue weighted by Crippen LogP contribution is -2.16. The van der Waals surface area contributed by atoms with Gasteiger partial charge in [-0.1, -0.05) is 19.1 Å². The molecule has 17 heavy (non-hydrogen) atoms. The van der Waals surface area contributed by atoms with Gasteiger partial charge in [-0.2, -0.15) is 0 Å². The number of imidazole rings is 1. The molecule has 2 rings (SSSR count). The van der Waals surface area contributed by atoms with Gasteiger partial charge in [0.2, 0.25) is 0 Å². The van der Waals surface area contributed by atoms with Crippen molar-refractivity contribution in [2.24, 2.45) is 5.73 Å². The number of rotatable bonds is 5. The maximum atomic E-state index is 5.74. The SMILES string of the molecule is COCCn1c(C(C)CN)nc2ccccc21. The van der Waals surface area contributed by atoms with Gasteiger partial charge in [0, 0.05) is 26.1 Å². The van der Waals surface area contributed by atoms with Crippen molar-refractivity contribution in [3.05, 3.63) is 30.1 Å². The maximum absolute atomic E-state index is 5.74. The van der Waals surface area contributed by atoms with Gasteiger partial charge in [-0.15, -0.1) is 0 Å². The van der Waals surface area contributed by atoms with Crippen molar-refractivity contribution < 1.29 is 4.74 Å². The normalized spacial score (nSPS) is 13.1. The molecule has 0 saturated carbocycles. The van der Waals surface area contributed by atoms with E-state index in [-0.39, 0.29) is 5.92 Å². The van der Waals surface area contributed by atoms with Gasteiger partial charge in [-0.05, 0) is 12.1 Å². The van der Waals surface area contributed by atoms with Gasteiger partial charge in [0.25, 0.3) is 0 Å². The number of hydrogen-bond acceptors (Lipinski definition) is 3. The molecule has 1 aromatic heterocycles. The molecule has 1 heterocycles. The summed E-state index contributed by atoms with van der Waals surface area (Å²) in [5, 5.41) is 0. The summed E-state index contributed by atoms with van der Waals surface area (Å²) in [5.74, 6) is 1.31. The van der Waals surface area contributed by atoms with E-state index in [4.69, 9.17) is 10.5 Å². The minimum absolute atomic E-state index is 0.263. The second-order valence-corrected chi connectivity index (χ2v) is 4.24. The molecular weight excluding hydrogens is 214 g/mol. The fraction of sp³-hybridized carbons (Fsp3) is 0.462. The first kappa shape index (κ1) is 12.1. The molecule has 0 fully saturated rings. The van der Waals surface area contributed by atoms with Crippen molar-refractivity contribution in [1.82, 2.24) is 9.55 Å². The molecule has 1 unspecified atom stereocenters. The molecule has 1 aromatic carbocycles. The fourth-order valence-corrected chi connectivity index (χ4v) is 1.99. The van der Waals surface area contributed by atoms with Crippen molar-refractivity contribution in [1.29, 1.82) is 0 Å². The summed E-state index contributed by atoms with van der Waals surface area (Å²) in [6, 6.07) is 8.16. The van der Waals surface area contributed by atoms with E-state index in [0.717, 1.165) is 23.4 Å². The van der Waals surface area contributed by atoms with Gasteiger partial charge < -0.3 is 15.0 Å². The Morgan fingerprint density at radius 2 is 2.18 bits per heavy atom. The molecule has 1 atom stereocenters. The number of aromatic nitrogens is 2. The molecule has 4 heteroatoms. The van der Waals surface area contributed by atoms with Crippen LogP contribution < -0.4 is 5.73 Å². The van der Waals surface area contributed by atoms with Crippen LogP contribution in [0.3, 0.4) is 0 Å². The minimum Gasteiger partial charge on any atom is -0.383 e. The number of benzene rings is 1. The van der Waals surface area contributed by atoms with E-state index in [2.05, 4.69) is 22.5 Å². The van der Waals surface area contributed by atoms with Crippen molar-refractivity contribution in [2.75, 3.05) is 20.3 Å². The molecular formula is C13H19N3O. The number of methoxy groups -OCH3 is 1. The van der Waals surface area contributed by atoms with Gasteiger partial charge >= 0.3 is 0 Å². The first-order valence-corrected chi connectivity index (χ1v) is 5.92.